The Morgan fingerprint density at radius 1 is 1.03 bits per heavy atom. The van der Waals surface area contributed by atoms with Crippen LogP contribution in [0, 0.1) is 6.92 Å². The summed E-state index contributed by atoms with van der Waals surface area (Å²) in [6, 6.07) is 14.2. The molecule has 8 nitrogen and oxygen atoms in total. The molecule has 9 bridgehead atoms. The predicted octanol–water partition coefficient (Wildman–Crippen LogP) is 4.67. The van der Waals surface area contributed by atoms with Gasteiger partial charge in [0.2, 0.25) is 0 Å². The Morgan fingerprint density at radius 2 is 1.87 bits per heavy atom. The first-order valence-corrected chi connectivity index (χ1v) is 13.4. The van der Waals surface area contributed by atoms with Crippen LogP contribution in [0.3, 0.4) is 0 Å². The van der Waals surface area contributed by atoms with Crippen molar-refractivity contribution in [2.75, 3.05) is 6.54 Å². The number of aryl methyl sites for hydroxylation is 3. The second-order valence-corrected chi connectivity index (χ2v) is 10.5. The van der Waals surface area contributed by atoms with Gasteiger partial charge in [0.05, 0.1) is 6.42 Å². The van der Waals surface area contributed by atoms with Gasteiger partial charge in [-0.25, -0.2) is 9.67 Å². The van der Waals surface area contributed by atoms with Crippen molar-refractivity contribution in [3.63, 3.8) is 0 Å². The van der Waals surface area contributed by atoms with E-state index in [1.54, 1.807) is 6.20 Å². The average molecular weight is 510 g/mol. The maximum absolute atomic E-state index is 13.3. The Hall–Kier alpha value is -4.07. The number of carboxylic acid groups (broad SMARTS) is 1. The molecule has 0 unspecified atom stereocenters. The minimum Gasteiger partial charge on any atom is -0.481 e. The van der Waals surface area contributed by atoms with E-state index < -0.39 is 5.97 Å². The number of rotatable bonds is 2. The number of hydrogen-bond acceptors (Lipinski definition) is 5. The number of nitrogens with zero attached hydrogens (tertiary/aromatic N) is 5. The molecule has 0 spiro atoms. The van der Waals surface area contributed by atoms with Crippen molar-refractivity contribution < 1.29 is 14.7 Å². The number of carboxylic acids is 1. The third-order valence-electron chi connectivity index (χ3n) is 8.05. The normalized spacial score (nSPS) is 17.9. The highest BCUT2D eigenvalue weighted by Crippen LogP contribution is 2.34. The second kappa shape index (κ2) is 10.0. The molecule has 4 aromatic rings. The van der Waals surface area contributed by atoms with Gasteiger partial charge in [0.1, 0.15) is 5.52 Å². The summed E-state index contributed by atoms with van der Waals surface area (Å²) >= 11 is 0. The zero-order valence-corrected chi connectivity index (χ0v) is 21.6. The third-order valence-corrected chi connectivity index (χ3v) is 8.05. The summed E-state index contributed by atoms with van der Waals surface area (Å²) in [7, 11) is 0. The van der Waals surface area contributed by atoms with Crippen LogP contribution < -0.4 is 0 Å². The molecule has 0 fully saturated rings. The van der Waals surface area contributed by atoms with Crippen molar-refractivity contribution in [2.45, 2.75) is 64.5 Å². The number of benzene rings is 2. The van der Waals surface area contributed by atoms with E-state index in [2.05, 4.69) is 34.6 Å². The van der Waals surface area contributed by atoms with Gasteiger partial charge in [-0.05, 0) is 78.1 Å². The van der Waals surface area contributed by atoms with Gasteiger partial charge < -0.3 is 10.0 Å². The molecule has 1 atom stereocenters. The molecule has 1 N–H and O–H groups in total. The molecule has 1 amide bonds. The first kappa shape index (κ1) is 24.3. The summed E-state index contributed by atoms with van der Waals surface area (Å²) in [5.74, 6) is -1.22. The SMILES string of the molecule is Cc1c2cnc3c1nnn3CCCCCc1ccc(cc1)C(=O)N1CCc3ccc(cc3C1)[C@@H]2CC(=O)O. The highest BCUT2D eigenvalue weighted by molar-refractivity contribution is 5.94. The van der Waals surface area contributed by atoms with E-state index in [1.807, 2.05) is 34.7 Å². The van der Waals surface area contributed by atoms with Crippen molar-refractivity contribution >= 4 is 23.0 Å². The summed E-state index contributed by atoms with van der Waals surface area (Å²) in [5, 5.41) is 18.6. The molecule has 9 rings (SSSR count). The lowest BCUT2D eigenvalue weighted by atomic mass is 9.84. The molecule has 5 aliphatic rings. The molecule has 194 valence electrons. The lowest BCUT2D eigenvalue weighted by Gasteiger charge is -2.30. The highest BCUT2D eigenvalue weighted by Gasteiger charge is 2.26. The topological polar surface area (TPSA) is 101 Å². The molecule has 5 aliphatic heterocycles. The van der Waals surface area contributed by atoms with Crippen molar-refractivity contribution in [3.05, 3.63) is 87.6 Å². The highest BCUT2D eigenvalue weighted by atomic mass is 16.4. The summed E-state index contributed by atoms with van der Waals surface area (Å²) in [6.45, 7) is 3.88. The Morgan fingerprint density at radius 3 is 2.68 bits per heavy atom. The minimum atomic E-state index is -0.873. The molecule has 0 saturated heterocycles. The van der Waals surface area contributed by atoms with Crippen molar-refractivity contribution in [1.82, 2.24) is 24.9 Å². The fourth-order valence-corrected chi connectivity index (χ4v) is 5.86. The number of carbonyl (C=O) groups excluding carboxylic acids is 1. The standard InChI is InChI=1S/C30H31N5O3/c1-19-26-17-31-29-28(19)32-33-35(29)13-4-2-3-5-20-6-8-22(9-7-20)30(38)34-14-12-21-10-11-23(15-24(21)18-34)25(26)16-27(36)37/h6-11,15,17,25H,2-5,12-14,16,18H2,1H3,(H,36,37)/t25-/m0/s1. The fourth-order valence-electron chi connectivity index (χ4n) is 5.86. The van der Waals surface area contributed by atoms with Crippen LogP contribution in [-0.2, 0) is 30.7 Å². The van der Waals surface area contributed by atoms with E-state index in [1.165, 1.54) is 11.1 Å². The van der Waals surface area contributed by atoms with Crippen LogP contribution in [0.25, 0.3) is 11.2 Å². The molecular weight excluding hydrogens is 478 g/mol. The number of pyridine rings is 1. The number of aliphatic carboxylic acids is 1. The van der Waals surface area contributed by atoms with E-state index in [4.69, 9.17) is 4.98 Å². The smallest absolute Gasteiger partial charge is 0.304 e. The molecule has 0 radical (unpaired) electrons. The number of hydrogen-bond donors (Lipinski definition) is 1. The van der Waals surface area contributed by atoms with Crippen molar-refractivity contribution in [3.8, 4) is 0 Å². The van der Waals surface area contributed by atoms with E-state index in [9.17, 15) is 14.7 Å². The maximum Gasteiger partial charge on any atom is 0.304 e. The molecule has 8 heteroatoms. The summed E-state index contributed by atoms with van der Waals surface area (Å²) in [4.78, 5) is 31.9. The lowest BCUT2D eigenvalue weighted by Crippen LogP contribution is -2.36. The summed E-state index contributed by atoms with van der Waals surface area (Å²) in [6.07, 6.45) is 6.55. The zero-order chi connectivity index (χ0) is 26.2. The Bertz CT molecular complexity index is 1530. The summed E-state index contributed by atoms with van der Waals surface area (Å²) in [5.41, 5.74) is 8.34. The Kier molecular flexibility index (Phi) is 6.39. The minimum absolute atomic E-state index is 0.0356. The van der Waals surface area contributed by atoms with Crippen molar-refractivity contribution in [2.24, 2.45) is 0 Å². The van der Waals surface area contributed by atoms with Gasteiger partial charge in [0, 0.05) is 37.3 Å². The van der Waals surface area contributed by atoms with Gasteiger partial charge in [-0.3, -0.25) is 9.59 Å². The molecule has 38 heavy (non-hydrogen) atoms. The number of amides is 1. The first-order chi connectivity index (χ1) is 18.5. The maximum atomic E-state index is 13.3. The quantitative estimate of drug-likeness (QED) is 0.422. The van der Waals surface area contributed by atoms with Crippen LogP contribution in [-0.4, -0.2) is 48.4 Å². The molecule has 7 heterocycles. The largest absolute Gasteiger partial charge is 0.481 e. The zero-order valence-electron chi connectivity index (χ0n) is 21.6. The van der Waals surface area contributed by atoms with Crippen LogP contribution in [0.2, 0.25) is 0 Å². The monoisotopic (exact) mass is 509 g/mol. The van der Waals surface area contributed by atoms with Crippen LogP contribution >= 0.6 is 0 Å². The van der Waals surface area contributed by atoms with E-state index in [0.29, 0.717) is 18.7 Å². The van der Waals surface area contributed by atoms with Gasteiger partial charge in [-0.15, -0.1) is 5.10 Å². The molecule has 0 saturated carbocycles. The van der Waals surface area contributed by atoms with Gasteiger partial charge in [-0.2, -0.15) is 0 Å². The van der Waals surface area contributed by atoms with Crippen LogP contribution in [0.5, 0.6) is 0 Å². The molecule has 0 aliphatic carbocycles. The molecular formula is C30H31N5O3. The predicted molar refractivity (Wildman–Crippen MR) is 143 cm³/mol. The van der Waals surface area contributed by atoms with Crippen LogP contribution in [0.1, 0.15) is 75.3 Å². The molecule has 2 aromatic carbocycles. The average Bonchev–Trinajstić information content (AvgIpc) is 3.34. The first-order valence-electron chi connectivity index (χ1n) is 13.4. The van der Waals surface area contributed by atoms with Gasteiger partial charge in [0.15, 0.2) is 5.65 Å². The Labute approximate surface area is 221 Å². The number of carbonyl (C=O) groups is 2. The fraction of sp³-hybridized carbons (Fsp3) is 0.367. The van der Waals surface area contributed by atoms with Crippen LogP contribution in [0.15, 0.2) is 48.7 Å². The van der Waals surface area contributed by atoms with Crippen LogP contribution in [0.4, 0.5) is 0 Å². The Balaban J connectivity index is 1.44. The lowest BCUT2D eigenvalue weighted by molar-refractivity contribution is -0.137. The third kappa shape index (κ3) is 4.55. The second-order valence-electron chi connectivity index (χ2n) is 10.5. The van der Waals surface area contributed by atoms with Crippen molar-refractivity contribution in [1.29, 1.82) is 0 Å². The summed E-state index contributed by atoms with van der Waals surface area (Å²) < 4.78 is 1.86. The van der Waals surface area contributed by atoms with E-state index in [-0.39, 0.29) is 18.2 Å². The van der Waals surface area contributed by atoms with Gasteiger partial charge in [-0.1, -0.05) is 42.0 Å². The number of aromatic nitrogens is 4. The van der Waals surface area contributed by atoms with E-state index in [0.717, 1.165) is 72.1 Å². The van der Waals surface area contributed by atoms with Gasteiger partial charge in [0.25, 0.3) is 5.91 Å². The van der Waals surface area contributed by atoms with Gasteiger partial charge >= 0.3 is 5.97 Å². The van der Waals surface area contributed by atoms with E-state index >= 15 is 0 Å². The molecule has 2 aromatic heterocycles.